The van der Waals surface area contributed by atoms with E-state index in [4.69, 9.17) is 0 Å². The van der Waals surface area contributed by atoms with Gasteiger partial charge in [0.2, 0.25) is 5.91 Å². The van der Waals surface area contributed by atoms with Gasteiger partial charge in [0, 0.05) is 12.0 Å². The third-order valence-electron chi connectivity index (χ3n) is 6.95. The van der Waals surface area contributed by atoms with Crippen LogP contribution in [0.3, 0.4) is 0 Å². The maximum Gasteiger partial charge on any atom is 0.325 e. The molecule has 0 unspecified atom stereocenters. The van der Waals surface area contributed by atoms with Gasteiger partial charge in [-0.2, -0.15) is 0 Å². The molecule has 4 rings (SSSR count). The van der Waals surface area contributed by atoms with Gasteiger partial charge in [-0.05, 0) is 50.0 Å². The minimum absolute atomic E-state index is 0.00789. The molecule has 6 nitrogen and oxygen atoms in total. The minimum atomic E-state index is -0.787. The predicted octanol–water partition coefficient (Wildman–Crippen LogP) is 2.73. The zero-order valence-electron chi connectivity index (χ0n) is 16.5. The number of amides is 4. The summed E-state index contributed by atoms with van der Waals surface area (Å²) in [6.45, 7) is 2.51. The molecule has 0 atom stereocenters. The Balaban J connectivity index is 1.34. The quantitative estimate of drug-likeness (QED) is 0.742. The molecule has 1 aromatic carbocycles. The van der Waals surface area contributed by atoms with Crippen LogP contribution in [0.1, 0.15) is 57.4 Å². The Morgan fingerprint density at radius 2 is 1.82 bits per heavy atom. The van der Waals surface area contributed by atoms with Gasteiger partial charge < -0.3 is 10.6 Å². The highest BCUT2D eigenvalue weighted by Crippen LogP contribution is 2.47. The van der Waals surface area contributed by atoms with Crippen LogP contribution in [-0.4, -0.2) is 41.4 Å². The molecular formula is C22H29N3O3. The van der Waals surface area contributed by atoms with Gasteiger partial charge in [-0.1, -0.05) is 43.7 Å². The van der Waals surface area contributed by atoms with Crippen molar-refractivity contribution in [2.45, 2.75) is 62.8 Å². The summed E-state index contributed by atoms with van der Waals surface area (Å²) in [7, 11) is 0. The van der Waals surface area contributed by atoms with Gasteiger partial charge in [0.15, 0.2) is 0 Å². The van der Waals surface area contributed by atoms with Crippen LogP contribution in [0.5, 0.6) is 0 Å². The van der Waals surface area contributed by atoms with Crippen molar-refractivity contribution in [3.63, 3.8) is 0 Å². The summed E-state index contributed by atoms with van der Waals surface area (Å²) >= 11 is 0. The predicted molar refractivity (Wildman–Crippen MR) is 106 cm³/mol. The van der Waals surface area contributed by atoms with Gasteiger partial charge in [-0.3, -0.25) is 14.5 Å². The average Bonchev–Trinajstić information content (AvgIpc) is 3.48. The van der Waals surface area contributed by atoms with E-state index in [0.717, 1.165) is 37.0 Å². The largest absolute Gasteiger partial charge is 0.354 e. The van der Waals surface area contributed by atoms with Crippen molar-refractivity contribution in [1.29, 1.82) is 0 Å². The Bertz CT molecular complexity index is 764. The van der Waals surface area contributed by atoms with Gasteiger partial charge in [0.1, 0.15) is 12.1 Å². The fourth-order valence-corrected chi connectivity index (χ4v) is 4.71. The fraction of sp³-hybridized carbons (Fsp3) is 0.591. The number of benzene rings is 1. The van der Waals surface area contributed by atoms with Crippen molar-refractivity contribution in [3.05, 3.63) is 35.9 Å². The van der Waals surface area contributed by atoms with Crippen LogP contribution in [0.25, 0.3) is 0 Å². The summed E-state index contributed by atoms with van der Waals surface area (Å²) in [6, 6.07) is 9.76. The molecule has 2 saturated carbocycles. The summed E-state index contributed by atoms with van der Waals surface area (Å²) in [5.74, 6) is 0.122. The molecule has 150 valence electrons. The molecule has 1 saturated heterocycles. The molecule has 0 aromatic heterocycles. The van der Waals surface area contributed by atoms with E-state index in [0.29, 0.717) is 25.3 Å². The lowest BCUT2D eigenvalue weighted by molar-refractivity contribution is -0.136. The fourth-order valence-electron chi connectivity index (χ4n) is 4.71. The SMILES string of the molecule is CCC1CCC2(CC1)NC(=O)N(CC(=O)NCC1(c3ccccc3)CC1)C2=O. The van der Waals surface area contributed by atoms with Gasteiger partial charge >= 0.3 is 6.03 Å². The van der Waals surface area contributed by atoms with Crippen LogP contribution in [0.2, 0.25) is 0 Å². The third-order valence-corrected chi connectivity index (χ3v) is 6.95. The molecule has 1 aliphatic heterocycles. The monoisotopic (exact) mass is 383 g/mol. The van der Waals surface area contributed by atoms with Gasteiger partial charge in [0.05, 0.1) is 0 Å². The molecule has 0 radical (unpaired) electrons. The maximum atomic E-state index is 12.9. The van der Waals surface area contributed by atoms with Crippen LogP contribution in [0.15, 0.2) is 30.3 Å². The Morgan fingerprint density at radius 1 is 1.14 bits per heavy atom. The van der Waals surface area contributed by atoms with E-state index >= 15 is 0 Å². The molecule has 1 aromatic rings. The highest BCUT2D eigenvalue weighted by atomic mass is 16.2. The molecule has 1 heterocycles. The first kappa shape index (κ1) is 19.0. The first-order valence-corrected chi connectivity index (χ1v) is 10.4. The molecule has 0 bridgehead atoms. The number of hydrogen-bond acceptors (Lipinski definition) is 3. The Morgan fingerprint density at radius 3 is 2.43 bits per heavy atom. The van der Waals surface area contributed by atoms with Crippen molar-refractivity contribution >= 4 is 17.8 Å². The maximum absolute atomic E-state index is 12.9. The topological polar surface area (TPSA) is 78.5 Å². The molecule has 4 amide bonds. The number of carbonyl (C=O) groups excluding carboxylic acids is 3. The van der Waals surface area contributed by atoms with Crippen LogP contribution < -0.4 is 10.6 Å². The number of nitrogens with zero attached hydrogens (tertiary/aromatic N) is 1. The molecular weight excluding hydrogens is 354 g/mol. The van der Waals surface area contributed by atoms with Crippen molar-refractivity contribution in [2.75, 3.05) is 13.1 Å². The second-order valence-electron chi connectivity index (χ2n) is 8.68. The van der Waals surface area contributed by atoms with Crippen LogP contribution in [0.4, 0.5) is 4.79 Å². The third kappa shape index (κ3) is 3.40. The number of rotatable bonds is 6. The Labute approximate surface area is 166 Å². The minimum Gasteiger partial charge on any atom is -0.354 e. The second kappa shape index (κ2) is 7.22. The van der Waals surface area contributed by atoms with Crippen molar-refractivity contribution in [1.82, 2.24) is 15.5 Å². The van der Waals surface area contributed by atoms with E-state index in [2.05, 4.69) is 29.7 Å². The zero-order valence-corrected chi connectivity index (χ0v) is 16.5. The van der Waals surface area contributed by atoms with E-state index < -0.39 is 11.6 Å². The molecule has 3 aliphatic rings. The van der Waals surface area contributed by atoms with Crippen LogP contribution in [-0.2, 0) is 15.0 Å². The van der Waals surface area contributed by atoms with Crippen molar-refractivity contribution < 1.29 is 14.4 Å². The Kier molecular flexibility index (Phi) is 4.89. The zero-order chi connectivity index (χ0) is 19.8. The van der Waals surface area contributed by atoms with Gasteiger partial charge in [-0.25, -0.2) is 4.79 Å². The standard InChI is InChI=1S/C22H29N3O3/c1-2-16-8-10-22(11-9-16)19(27)25(20(28)24-22)14-18(26)23-15-21(12-13-21)17-6-4-3-5-7-17/h3-7,16H,2,8-15H2,1H3,(H,23,26)(H,24,28). The first-order chi connectivity index (χ1) is 13.5. The number of carbonyl (C=O) groups is 3. The summed E-state index contributed by atoms with van der Waals surface area (Å²) in [4.78, 5) is 38.9. The van der Waals surface area contributed by atoms with E-state index in [1.807, 2.05) is 18.2 Å². The molecule has 2 aliphatic carbocycles. The Hall–Kier alpha value is -2.37. The summed E-state index contributed by atoms with van der Waals surface area (Å²) < 4.78 is 0. The van der Waals surface area contributed by atoms with Crippen molar-refractivity contribution in [3.8, 4) is 0 Å². The average molecular weight is 383 g/mol. The normalized spacial score (nSPS) is 28.3. The summed E-state index contributed by atoms with van der Waals surface area (Å²) in [5, 5.41) is 5.83. The molecule has 2 N–H and O–H groups in total. The van der Waals surface area contributed by atoms with E-state index in [9.17, 15) is 14.4 Å². The van der Waals surface area contributed by atoms with Gasteiger partial charge in [0.25, 0.3) is 5.91 Å². The first-order valence-electron chi connectivity index (χ1n) is 10.4. The number of hydrogen-bond donors (Lipinski definition) is 2. The smallest absolute Gasteiger partial charge is 0.325 e. The molecule has 1 spiro atoms. The van der Waals surface area contributed by atoms with E-state index in [-0.39, 0.29) is 23.8 Å². The van der Waals surface area contributed by atoms with Crippen molar-refractivity contribution in [2.24, 2.45) is 5.92 Å². The van der Waals surface area contributed by atoms with Crippen LogP contribution >= 0.6 is 0 Å². The highest BCUT2D eigenvalue weighted by molar-refractivity contribution is 6.09. The number of imide groups is 1. The second-order valence-corrected chi connectivity index (χ2v) is 8.68. The molecule has 3 fully saturated rings. The highest BCUT2D eigenvalue weighted by Gasteiger charge is 2.52. The lowest BCUT2D eigenvalue weighted by Crippen LogP contribution is -2.50. The number of nitrogens with one attached hydrogen (secondary N) is 2. The van der Waals surface area contributed by atoms with Crippen LogP contribution in [0, 0.1) is 5.92 Å². The summed E-state index contributed by atoms with van der Waals surface area (Å²) in [6.07, 6.45) is 6.43. The molecule has 6 heteroatoms. The van der Waals surface area contributed by atoms with E-state index in [1.54, 1.807) is 0 Å². The lowest BCUT2D eigenvalue weighted by atomic mass is 9.75. The molecule has 28 heavy (non-hydrogen) atoms. The number of urea groups is 1. The summed E-state index contributed by atoms with van der Waals surface area (Å²) in [5.41, 5.74) is 0.454. The van der Waals surface area contributed by atoms with E-state index in [1.165, 1.54) is 5.56 Å². The lowest BCUT2D eigenvalue weighted by Gasteiger charge is -2.34. The van der Waals surface area contributed by atoms with Gasteiger partial charge in [-0.15, -0.1) is 0 Å².